The standard InChI is InChI=1S/C16H23N3/c1-2-5-13(8-10-17)12-19-16-15-7-4-3-6-14(15)9-11-18-16/h3-4,6-7,9,11,13H,2,5,8,10,12,17H2,1H3,(H,18,19). The molecule has 3 nitrogen and oxygen atoms in total. The molecular formula is C16H23N3. The summed E-state index contributed by atoms with van der Waals surface area (Å²) in [5.41, 5.74) is 5.68. The van der Waals surface area contributed by atoms with E-state index in [1.54, 1.807) is 0 Å². The van der Waals surface area contributed by atoms with Gasteiger partial charge in [-0.3, -0.25) is 0 Å². The lowest BCUT2D eigenvalue weighted by Gasteiger charge is -2.17. The third-order valence-corrected chi connectivity index (χ3v) is 3.50. The molecule has 0 aliphatic rings. The van der Waals surface area contributed by atoms with Crippen molar-refractivity contribution in [1.29, 1.82) is 0 Å². The normalized spacial score (nSPS) is 12.5. The number of aromatic nitrogens is 1. The quantitative estimate of drug-likeness (QED) is 0.799. The zero-order chi connectivity index (χ0) is 13.5. The summed E-state index contributed by atoms with van der Waals surface area (Å²) in [4.78, 5) is 4.46. The Kier molecular flexibility index (Phi) is 5.16. The van der Waals surface area contributed by atoms with Gasteiger partial charge in [0, 0.05) is 18.1 Å². The van der Waals surface area contributed by atoms with Gasteiger partial charge in [0.1, 0.15) is 5.82 Å². The van der Waals surface area contributed by atoms with Crippen molar-refractivity contribution in [2.24, 2.45) is 11.7 Å². The van der Waals surface area contributed by atoms with E-state index in [-0.39, 0.29) is 0 Å². The van der Waals surface area contributed by atoms with Crippen LogP contribution in [-0.2, 0) is 0 Å². The van der Waals surface area contributed by atoms with Crippen molar-refractivity contribution in [3.05, 3.63) is 36.5 Å². The van der Waals surface area contributed by atoms with Crippen LogP contribution in [0, 0.1) is 5.92 Å². The van der Waals surface area contributed by atoms with E-state index in [0.717, 1.165) is 25.3 Å². The lowest BCUT2D eigenvalue weighted by Crippen LogP contribution is -2.18. The predicted octanol–water partition coefficient (Wildman–Crippen LogP) is 3.41. The number of nitrogens with zero attached hydrogens (tertiary/aromatic N) is 1. The van der Waals surface area contributed by atoms with E-state index in [9.17, 15) is 0 Å². The molecule has 0 aliphatic carbocycles. The Labute approximate surface area is 115 Å². The zero-order valence-electron chi connectivity index (χ0n) is 11.6. The van der Waals surface area contributed by atoms with Crippen LogP contribution in [0.3, 0.4) is 0 Å². The molecule has 1 aromatic carbocycles. The maximum Gasteiger partial charge on any atom is 0.133 e. The molecule has 0 fully saturated rings. The first-order valence-electron chi connectivity index (χ1n) is 7.12. The van der Waals surface area contributed by atoms with Crippen LogP contribution in [0.2, 0.25) is 0 Å². The van der Waals surface area contributed by atoms with Crippen LogP contribution in [0.4, 0.5) is 5.82 Å². The van der Waals surface area contributed by atoms with Gasteiger partial charge in [0.15, 0.2) is 0 Å². The van der Waals surface area contributed by atoms with Gasteiger partial charge >= 0.3 is 0 Å². The summed E-state index contributed by atoms with van der Waals surface area (Å²) in [6, 6.07) is 10.4. The van der Waals surface area contributed by atoms with E-state index < -0.39 is 0 Å². The minimum Gasteiger partial charge on any atom is -0.369 e. The van der Waals surface area contributed by atoms with Crippen LogP contribution < -0.4 is 11.1 Å². The van der Waals surface area contributed by atoms with Crippen LogP contribution in [-0.4, -0.2) is 18.1 Å². The Morgan fingerprint density at radius 3 is 2.84 bits per heavy atom. The van der Waals surface area contributed by atoms with Crippen LogP contribution in [0.1, 0.15) is 26.2 Å². The van der Waals surface area contributed by atoms with E-state index >= 15 is 0 Å². The molecule has 2 aromatic rings. The SMILES string of the molecule is CCCC(CCN)CNc1nccc2ccccc12. The third-order valence-electron chi connectivity index (χ3n) is 3.50. The van der Waals surface area contributed by atoms with E-state index in [2.05, 4.69) is 41.5 Å². The van der Waals surface area contributed by atoms with E-state index in [1.807, 2.05) is 12.3 Å². The average Bonchev–Trinajstić information content (AvgIpc) is 2.45. The van der Waals surface area contributed by atoms with Gasteiger partial charge in [-0.2, -0.15) is 0 Å². The van der Waals surface area contributed by atoms with E-state index in [4.69, 9.17) is 5.73 Å². The summed E-state index contributed by atoms with van der Waals surface area (Å²) in [6.45, 7) is 3.93. The minimum absolute atomic E-state index is 0.635. The molecule has 1 unspecified atom stereocenters. The van der Waals surface area contributed by atoms with Gasteiger partial charge in [0.2, 0.25) is 0 Å². The Morgan fingerprint density at radius 2 is 2.05 bits per heavy atom. The van der Waals surface area contributed by atoms with E-state index in [0.29, 0.717) is 5.92 Å². The molecule has 1 atom stereocenters. The number of nitrogens with one attached hydrogen (secondary N) is 1. The molecule has 0 spiro atoms. The maximum absolute atomic E-state index is 5.68. The Morgan fingerprint density at radius 1 is 1.21 bits per heavy atom. The molecule has 2 rings (SSSR count). The maximum atomic E-state index is 5.68. The van der Waals surface area contributed by atoms with Gasteiger partial charge in [-0.25, -0.2) is 4.98 Å². The first kappa shape index (κ1) is 13.8. The largest absolute Gasteiger partial charge is 0.369 e. The number of hydrogen-bond acceptors (Lipinski definition) is 3. The summed E-state index contributed by atoms with van der Waals surface area (Å²) in [7, 11) is 0. The summed E-state index contributed by atoms with van der Waals surface area (Å²) >= 11 is 0. The molecule has 1 aromatic heterocycles. The molecule has 3 heteroatoms. The second-order valence-corrected chi connectivity index (χ2v) is 4.99. The van der Waals surface area contributed by atoms with Crippen molar-refractivity contribution in [2.45, 2.75) is 26.2 Å². The topological polar surface area (TPSA) is 50.9 Å². The van der Waals surface area contributed by atoms with Crippen LogP contribution in [0.5, 0.6) is 0 Å². The predicted molar refractivity (Wildman–Crippen MR) is 82.3 cm³/mol. The number of hydrogen-bond donors (Lipinski definition) is 2. The van der Waals surface area contributed by atoms with Crippen molar-refractivity contribution < 1.29 is 0 Å². The Bertz CT molecular complexity index is 499. The van der Waals surface area contributed by atoms with Crippen LogP contribution >= 0.6 is 0 Å². The molecular weight excluding hydrogens is 234 g/mol. The van der Waals surface area contributed by atoms with Gasteiger partial charge in [0.25, 0.3) is 0 Å². The summed E-state index contributed by atoms with van der Waals surface area (Å²) in [5, 5.41) is 5.91. The molecule has 102 valence electrons. The number of anilines is 1. The number of fused-ring (bicyclic) bond motifs is 1. The highest BCUT2D eigenvalue weighted by Gasteiger charge is 2.08. The van der Waals surface area contributed by atoms with Gasteiger partial charge in [0.05, 0.1) is 0 Å². The minimum atomic E-state index is 0.635. The second-order valence-electron chi connectivity index (χ2n) is 4.99. The fraction of sp³-hybridized carbons (Fsp3) is 0.438. The number of pyridine rings is 1. The highest BCUT2D eigenvalue weighted by molar-refractivity contribution is 5.91. The summed E-state index contributed by atoms with van der Waals surface area (Å²) in [6.07, 6.45) is 5.36. The van der Waals surface area contributed by atoms with Crippen LogP contribution in [0.15, 0.2) is 36.5 Å². The number of benzene rings is 1. The smallest absolute Gasteiger partial charge is 0.133 e. The van der Waals surface area contributed by atoms with Crippen molar-refractivity contribution in [1.82, 2.24) is 4.98 Å². The van der Waals surface area contributed by atoms with Gasteiger partial charge in [-0.15, -0.1) is 0 Å². The summed E-state index contributed by atoms with van der Waals surface area (Å²) in [5.74, 6) is 1.62. The molecule has 0 bridgehead atoms. The molecule has 0 aliphatic heterocycles. The monoisotopic (exact) mass is 257 g/mol. The van der Waals surface area contributed by atoms with Crippen molar-refractivity contribution in [2.75, 3.05) is 18.4 Å². The van der Waals surface area contributed by atoms with Crippen molar-refractivity contribution >= 4 is 16.6 Å². The molecule has 0 radical (unpaired) electrons. The highest BCUT2D eigenvalue weighted by atomic mass is 15.0. The first-order valence-corrected chi connectivity index (χ1v) is 7.12. The third kappa shape index (κ3) is 3.67. The fourth-order valence-corrected chi connectivity index (χ4v) is 2.49. The molecule has 19 heavy (non-hydrogen) atoms. The van der Waals surface area contributed by atoms with Gasteiger partial charge in [-0.05, 0) is 36.8 Å². The Balaban J connectivity index is 2.08. The highest BCUT2D eigenvalue weighted by Crippen LogP contribution is 2.21. The number of rotatable bonds is 7. The fourth-order valence-electron chi connectivity index (χ4n) is 2.49. The molecule has 0 saturated carbocycles. The molecule has 3 N–H and O–H groups in total. The molecule has 1 heterocycles. The van der Waals surface area contributed by atoms with E-state index in [1.165, 1.54) is 23.6 Å². The first-order chi connectivity index (χ1) is 9.35. The van der Waals surface area contributed by atoms with Gasteiger partial charge < -0.3 is 11.1 Å². The molecule has 0 amide bonds. The second kappa shape index (κ2) is 7.10. The Hall–Kier alpha value is -1.61. The van der Waals surface area contributed by atoms with Crippen molar-refractivity contribution in [3.8, 4) is 0 Å². The van der Waals surface area contributed by atoms with Gasteiger partial charge in [-0.1, -0.05) is 37.6 Å². The van der Waals surface area contributed by atoms with Crippen molar-refractivity contribution in [3.63, 3.8) is 0 Å². The number of nitrogens with two attached hydrogens (primary N) is 1. The summed E-state index contributed by atoms with van der Waals surface area (Å²) < 4.78 is 0. The molecule has 0 saturated heterocycles. The lowest BCUT2D eigenvalue weighted by atomic mass is 10.00. The lowest BCUT2D eigenvalue weighted by molar-refractivity contribution is 0.473. The average molecular weight is 257 g/mol. The van der Waals surface area contributed by atoms with Crippen LogP contribution in [0.25, 0.3) is 10.8 Å². The zero-order valence-corrected chi connectivity index (χ0v) is 11.6.